The molecular formula is C20H27N5O4. The zero-order chi connectivity index (χ0) is 19.9. The lowest BCUT2D eigenvalue weighted by Crippen LogP contribution is -2.42. The highest BCUT2D eigenvalue weighted by atomic mass is 16.6. The minimum absolute atomic E-state index is 0. The molecule has 2 aromatic heterocycles. The minimum atomic E-state index is -0.510. The van der Waals surface area contributed by atoms with Crippen molar-refractivity contribution < 1.29 is 19.1 Å². The number of carbonyl (C=O) groups excluding carboxylic acids is 2. The molecule has 1 aliphatic rings. The van der Waals surface area contributed by atoms with Gasteiger partial charge in [0.25, 0.3) is 5.69 Å². The molecule has 0 bridgehead atoms. The number of hydrogen-bond acceptors (Lipinski definition) is 6. The summed E-state index contributed by atoms with van der Waals surface area (Å²) in [4.78, 5) is 30.2. The maximum atomic E-state index is 12.4. The van der Waals surface area contributed by atoms with Gasteiger partial charge in [0.05, 0.1) is 12.3 Å². The second-order valence-electron chi connectivity index (χ2n) is 6.37. The van der Waals surface area contributed by atoms with Crippen LogP contribution in [0.1, 0.15) is 37.7 Å². The molecule has 2 N–H and O–H groups in total. The number of amides is 2. The molecule has 2 aromatic rings. The number of nitrogens with zero attached hydrogens (tertiary/aromatic N) is 3. The fourth-order valence-corrected chi connectivity index (χ4v) is 3.03. The molecule has 3 rings (SSSR count). The average Bonchev–Trinajstić information content (AvgIpc) is 2.70. The van der Waals surface area contributed by atoms with Crippen LogP contribution in [-0.2, 0) is 4.74 Å². The fraction of sp³-hybridized carbons (Fsp3) is 0.400. The van der Waals surface area contributed by atoms with Crippen molar-refractivity contribution in [3.63, 3.8) is 0 Å². The second kappa shape index (κ2) is 10.3. The van der Waals surface area contributed by atoms with Crippen LogP contribution in [0.3, 0.4) is 0 Å². The number of hydrogen-bond donors (Lipinski definition) is 2. The van der Waals surface area contributed by atoms with Crippen LogP contribution in [0.2, 0.25) is 0 Å². The topological polar surface area (TPSA) is 110 Å². The van der Waals surface area contributed by atoms with Gasteiger partial charge >= 0.3 is 12.0 Å². The Balaban J connectivity index is 0.00000300. The number of piperidine rings is 1. The Morgan fingerprint density at radius 1 is 1.28 bits per heavy atom. The van der Waals surface area contributed by atoms with Gasteiger partial charge in [-0.1, -0.05) is 7.43 Å². The van der Waals surface area contributed by atoms with Gasteiger partial charge in [-0.3, -0.25) is 4.79 Å². The van der Waals surface area contributed by atoms with E-state index in [0.717, 1.165) is 12.8 Å². The van der Waals surface area contributed by atoms with Crippen molar-refractivity contribution in [1.29, 1.82) is 0 Å². The van der Waals surface area contributed by atoms with E-state index in [2.05, 4.69) is 15.6 Å². The van der Waals surface area contributed by atoms with Crippen LogP contribution < -0.4 is 15.4 Å². The smallest absolute Gasteiger partial charge is 0.409 e. The first-order chi connectivity index (χ1) is 13.6. The highest BCUT2D eigenvalue weighted by Crippen LogP contribution is 2.22. The van der Waals surface area contributed by atoms with E-state index in [0.29, 0.717) is 35.9 Å². The molecule has 0 saturated carbocycles. The van der Waals surface area contributed by atoms with Crippen LogP contribution in [0, 0.1) is 5.21 Å². The van der Waals surface area contributed by atoms with E-state index in [9.17, 15) is 14.8 Å². The molecule has 9 nitrogen and oxygen atoms in total. The zero-order valence-electron chi connectivity index (χ0n) is 15.6. The molecule has 0 spiro atoms. The van der Waals surface area contributed by atoms with Gasteiger partial charge in [0, 0.05) is 37.5 Å². The van der Waals surface area contributed by atoms with Gasteiger partial charge in [-0.15, -0.1) is 0 Å². The van der Waals surface area contributed by atoms with E-state index in [4.69, 9.17) is 4.74 Å². The maximum Gasteiger partial charge on any atom is 0.409 e. The molecule has 1 aliphatic heterocycles. The molecule has 0 aromatic carbocycles. The number of anilines is 2. The molecule has 0 radical (unpaired) electrons. The van der Waals surface area contributed by atoms with Gasteiger partial charge in [-0.25, -0.2) is 9.78 Å². The Hall–Kier alpha value is -3.36. The van der Waals surface area contributed by atoms with Gasteiger partial charge < -0.3 is 25.5 Å². The zero-order valence-corrected chi connectivity index (χ0v) is 15.6. The van der Waals surface area contributed by atoms with Crippen LogP contribution >= 0.6 is 0 Å². The van der Waals surface area contributed by atoms with Crippen molar-refractivity contribution in [2.45, 2.75) is 33.2 Å². The minimum Gasteiger partial charge on any atom is -0.618 e. The summed E-state index contributed by atoms with van der Waals surface area (Å²) in [7, 11) is 0. The summed E-state index contributed by atoms with van der Waals surface area (Å²) in [6.45, 7) is 3.32. The lowest BCUT2D eigenvalue weighted by Gasteiger charge is -2.32. The summed E-state index contributed by atoms with van der Waals surface area (Å²) in [6, 6.07) is 8.18. The number of nitrogens with one attached hydrogen (secondary N) is 2. The van der Waals surface area contributed by atoms with Gasteiger partial charge in [0.1, 0.15) is 5.82 Å². The van der Waals surface area contributed by atoms with Crippen LogP contribution in [0.25, 0.3) is 0 Å². The van der Waals surface area contributed by atoms with E-state index in [1.165, 1.54) is 12.3 Å². The fourth-order valence-electron chi connectivity index (χ4n) is 3.03. The summed E-state index contributed by atoms with van der Waals surface area (Å²) in [5.74, 6) is 0.0163. The summed E-state index contributed by atoms with van der Waals surface area (Å²) in [5.41, 5.74) is 0.490. The van der Waals surface area contributed by atoms with Crippen molar-refractivity contribution in [2.75, 3.05) is 30.3 Å². The Morgan fingerprint density at radius 2 is 2.03 bits per heavy atom. The van der Waals surface area contributed by atoms with E-state index >= 15 is 0 Å². The van der Waals surface area contributed by atoms with Gasteiger partial charge in [-0.2, -0.15) is 4.73 Å². The Labute approximate surface area is 170 Å². The molecular weight excluding hydrogens is 374 g/mol. The van der Waals surface area contributed by atoms with Crippen molar-refractivity contribution in [3.8, 4) is 0 Å². The third kappa shape index (κ3) is 5.56. The van der Waals surface area contributed by atoms with Crippen molar-refractivity contribution in [1.82, 2.24) is 9.88 Å². The molecule has 0 atom stereocenters. The predicted octanol–water partition coefficient (Wildman–Crippen LogP) is 2.64. The summed E-state index contributed by atoms with van der Waals surface area (Å²) >= 11 is 0. The number of likely N-dealkylation sites (tertiary alicyclic amines) is 1. The molecule has 156 valence electrons. The standard InChI is InChI=1S/C19H23N5O4.CH4/c1-2-28-19(26)23-12-8-14(9-13-23)21-17-15(6-5-10-20-17)22-18(25)16-7-3-4-11-24(16)27;/h3-7,10-11,14H,2,8-9,12-13H2,1H3,(H,20,21)(H,22,25);1H4. The maximum absolute atomic E-state index is 12.4. The average molecular weight is 401 g/mol. The van der Waals surface area contributed by atoms with Crippen LogP contribution in [0.15, 0.2) is 42.7 Å². The van der Waals surface area contributed by atoms with Crippen molar-refractivity contribution >= 4 is 23.5 Å². The van der Waals surface area contributed by atoms with Crippen molar-refractivity contribution in [2.24, 2.45) is 0 Å². The summed E-state index contributed by atoms with van der Waals surface area (Å²) < 4.78 is 5.55. The van der Waals surface area contributed by atoms with Crippen molar-refractivity contribution in [3.05, 3.63) is 53.6 Å². The lowest BCUT2D eigenvalue weighted by atomic mass is 10.1. The van der Waals surface area contributed by atoms with Crippen LogP contribution in [0.5, 0.6) is 0 Å². The summed E-state index contributed by atoms with van der Waals surface area (Å²) in [5, 5.41) is 17.8. The second-order valence-corrected chi connectivity index (χ2v) is 6.37. The summed E-state index contributed by atoms with van der Waals surface area (Å²) in [6.07, 6.45) is 4.08. The molecule has 3 heterocycles. The number of pyridine rings is 2. The molecule has 29 heavy (non-hydrogen) atoms. The Morgan fingerprint density at radius 3 is 2.72 bits per heavy atom. The Bertz CT molecular complexity index is 837. The van der Waals surface area contributed by atoms with Gasteiger partial charge in [0.15, 0.2) is 6.20 Å². The lowest BCUT2D eigenvalue weighted by molar-refractivity contribution is -0.607. The van der Waals surface area contributed by atoms with Gasteiger partial charge in [-0.05, 0) is 38.0 Å². The highest BCUT2D eigenvalue weighted by Gasteiger charge is 2.24. The Kier molecular flexibility index (Phi) is 7.76. The monoisotopic (exact) mass is 401 g/mol. The van der Waals surface area contributed by atoms with Gasteiger partial charge in [0.2, 0.25) is 0 Å². The molecule has 0 unspecified atom stereocenters. The molecule has 9 heteroatoms. The highest BCUT2D eigenvalue weighted by molar-refractivity contribution is 6.03. The number of rotatable bonds is 5. The number of ether oxygens (including phenoxy) is 1. The van der Waals surface area contributed by atoms with E-state index < -0.39 is 5.91 Å². The first kappa shape index (κ1) is 21.9. The molecule has 1 saturated heterocycles. The quantitative estimate of drug-likeness (QED) is 0.589. The van der Waals surface area contributed by atoms with Crippen LogP contribution in [0.4, 0.5) is 16.3 Å². The van der Waals surface area contributed by atoms with Crippen LogP contribution in [-0.4, -0.2) is 47.6 Å². The van der Waals surface area contributed by atoms with E-state index in [1.807, 2.05) is 0 Å². The largest absolute Gasteiger partial charge is 0.618 e. The first-order valence-corrected chi connectivity index (χ1v) is 9.21. The molecule has 1 fully saturated rings. The van der Waals surface area contributed by atoms with E-state index in [1.54, 1.807) is 42.3 Å². The number of aromatic nitrogens is 2. The number of carbonyl (C=O) groups is 2. The molecule has 0 aliphatic carbocycles. The first-order valence-electron chi connectivity index (χ1n) is 9.21. The van der Waals surface area contributed by atoms with E-state index in [-0.39, 0.29) is 25.3 Å². The predicted molar refractivity (Wildman–Crippen MR) is 110 cm³/mol. The SMILES string of the molecule is C.CCOC(=O)N1CCC(Nc2ncccc2NC(=O)c2cccc[n+]2[O-])CC1. The molecule has 2 amide bonds. The normalized spacial score (nSPS) is 13.9. The third-order valence-corrected chi connectivity index (χ3v) is 4.47. The third-order valence-electron chi connectivity index (χ3n) is 4.47.